The molecule has 0 bridgehead atoms. The van der Waals surface area contributed by atoms with Crippen LogP contribution in [0, 0.1) is 0 Å². The smallest absolute Gasteiger partial charge is 0.127 e. The Labute approximate surface area is 84.3 Å². The molecule has 2 aliphatic carbocycles. The van der Waals surface area contributed by atoms with Gasteiger partial charge in [-0.25, -0.2) is 0 Å². The van der Waals surface area contributed by atoms with Gasteiger partial charge in [0.2, 0.25) is 0 Å². The van der Waals surface area contributed by atoms with Crippen LogP contribution in [0.2, 0.25) is 0 Å². The molecule has 1 N–H and O–H groups in total. The van der Waals surface area contributed by atoms with Crippen molar-refractivity contribution in [2.75, 3.05) is 0 Å². The molecular weight excluding hydrogens is 174 g/mol. The fourth-order valence-corrected chi connectivity index (χ4v) is 2.29. The molecule has 3 aliphatic rings. The predicted octanol–water partition coefficient (Wildman–Crippen LogP) is 2.95. The van der Waals surface area contributed by atoms with E-state index in [9.17, 15) is 0 Å². The van der Waals surface area contributed by atoms with Crippen molar-refractivity contribution < 1.29 is 4.74 Å². The fourth-order valence-electron chi connectivity index (χ4n) is 2.29. The highest BCUT2D eigenvalue weighted by atomic mass is 16.5. The zero-order valence-electron chi connectivity index (χ0n) is 8.31. The molecule has 74 valence electrons. The van der Waals surface area contributed by atoms with Crippen LogP contribution in [0.25, 0.3) is 0 Å². The Morgan fingerprint density at radius 1 is 1.07 bits per heavy atom. The van der Waals surface area contributed by atoms with Crippen LogP contribution >= 0.6 is 0 Å². The SMILES string of the molecule is C1=CC2=C(CC1)OC1=C(CCCC1)N2. The van der Waals surface area contributed by atoms with E-state index in [0.717, 1.165) is 31.4 Å². The summed E-state index contributed by atoms with van der Waals surface area (Å²) in [5.74, 6) is 2.35. The van der Waals surface area contributed by atoms with Crippen LogP contribution < -0.4 is 5.32 Å². The van der Waals surface area contributed by atoms with Gasteiger partial charge >= 0.3 is 0 Å². The first-order chi connectivity index (χ1) is 6.93. The second kappa shape index (κ2) is 3.19. The lowest BCUT2D eigenvalue weighted by atomic mass is 9.99. The molecule has 0 amide bonds. The van der Waals surface area contributed by atoms with Gasteiger partial charge in [0.05, 0.1) is 11.4 Å². The highest BCUT2D eigenvalue weighted by Crippen LogP contribution is 2.33. The number of rotatable bonds is 0. The molecule has 0 unspecified atom stereocenters. The number of allylic oxidation sites excluding steroid dienone is 5. The van der Waals surface area contributed by atoms with Gasteiger partial charge in [0.15, 0.2) is 0 Å². The van der Waals surface area contributed by atoms with E-state index in [1.165, 1.54) is 30.0 Å². The van der Waals surface area contributed by atoms with Gasteiger partial charge in [-0.15, -0.1) is 0 Å². The van der Waals surface area contributed by atoms with Gasteiger partial charge in [0.1, 0.15) is 11.5 Å². The first-order valence-corrected chi connectivity index (χ1v) is 5.50. The minimum atomic E-state index is 1.05. The van der Waals surface area contributed by atoms with Crippen molar-refractivity contribution in [2.45, 2.75) is 38.5 Å². The Morgan fingerprint density at radius 2 is 2.00 bits per heavy atom. The Bertz CT molecular complexity index is 349. The van der Waals surface area contributed by atoms with E-state index in [0.29, 0.717) is 0 Å². The summed E-state index contributed by atoms with van der Waals surface area (Å²) >= 11 is 0. The molecule has 1 aliphatic heterocycles. The largest absolute Gasteiger partial charge is 0.462 e. The van der Waals surface area contributed by atoms with Gasteiger partial charge in [-0.2, -0.15) is 0 Å². The van der Waals surface area contributed by atoms with Crippen LogP contribution in [0.15, 0.2) is 35.1 Å². The number of hydrogen-bond donors (Lipinski definition) is 1. The van der Waals surface area contributed by atoms with Gasteiger partial charge in [-0.3, -0.25) is 0 Å². The topological polar surface area (TPSA) is 21.3 Å². The maximum atomic E-state index is 5.94. The fraction of sp³-hybridized carbons (Fsp3) is 0.500. The average molecular weight is 189 g/mol. The standard InChI is InChI=1S/C12H15NO/c1-3-7-11-9(5-1)13-10-6-2-4-8-12(10)14-11/h1,5,13H,2-4,6-8H2. The van der Waals surface area contributed by atoms with Crippen LogP contribution in [0.5, 0.6) is 0 Å². The van der Waals surface area contributed by atoms with E-state index >= 15 is 0 Å². The van der Waals surface area contributed by atoms with E-state index < -0.39 is 0 Å². The summed E-state index contributed by atoms with van der Waals surface area (Å²) in [5, 5.41) is 3.50. The second-order valence-corrected chi connectivity index (χ2v) is 4.11. The summed E-state index contributed by atoms with van der Waals surface area (Å²) in [4.78, 5) is 0. The quantitative estimate of drug-likeness (QED) is 0.632. The zero-order valence-corrected chi connectivity index (χ0v) is 8.31. The van der Waals surface area contributed by atoms with Crippen LogP contribution in [0.4, 0.5) is 0 Å². The summed E-state index contributed by atoms with van der Waals surface area (Å²) in [7, 11) is 0. The van der Waals surface area contributed by atoms with Crippen molar-refractivity contribution in [3.8, 4) is 0 Å². The van der Waals surface area contributed by atoms with Crippen molar-refractivity contribution in [3.05, 3.63) is 35.1 Å². The molecule has 2 nitrogen and oxygen atoms in total. The van der Waals surface area contributed by atoms with Crippen molar-refractivity contribution in [1.29, 1.82) is 0 Å². The molecule has 0 saturated carbocycles. The minimum Gasteiger partial charge on any atom is -0.462 e. The highest BCUT2D eigenvalue weighted by Gasteiger charge is 2.23. The normalized spacial score (nSPS) is 25.1. The third-order valence-electron chi connectivity index (χ3n) is 3.07. The molecule has 0 saturated heterocycles. The molecule has 0 atom stereocenters. The third-order valence-corrected chi connectivity index (χ3v) is 3.07. The minimum absolute atomic E-state index is 1.05. The maximum absolute atomic E-state index is 5.94. The number of hydrogen-bond acceptors (Lipinski definition) is 2. The Balaban J connectivity index is 1.88. The van der Waals surface area contributed by atoms with Gasteiger partial charge in [0, 0.05) is 12.8 Å². The van der Waals surface area contributed by atoms with E-state index in [1.54, 1.807) is 0 Å². The van der Waals surface area contributed by atoms with E-state index in [-0.39, 0.29) is 0 Å². The van der Waals surface area contributed by atoms with Crippen LogP contribution in [0.1, 0.15) is 38.5 Å². The van der Waals surface area contributed by atoms with Crippen molar-refractivity contribution in [1.82, 2.24) is 5.32 Å². The lowest BCUT2D eigenvalue weighted by Gasteiger charge is -2.30. The summed E-state index contributed by atoms with van der Waals surface area (Å²) in [6, 6.07) is 0. The van der Waals surface area contributed by atoms with Crippen molar-refractivity contribution in [3.63, 3.8) is 0 Å². The molecule has 2 heteroatoms. The first-order valence-electron chi connectivity index (χ1n) is 5.50. The van der Waals surface area contributed by atoms with Crippen LogP contribution in [-0.4, -0.2) is 0 Å². The van der Waals surface area contributed by atoms with Crippen LogP contribution in [-0.2, 0) is 4.74 Å². The molecule has 0 spiro atoms. The molecule has 0 fully saturated rings. The second-order valence-electron chi connectivity index (χ2n) is 4.11. The summed E-state index contributed by atoms with van der Waals surface area (Å²) in [6.45, 7) is 0. The summed E-state index contributed by atoms with van der Waals surface area (Å²) in [5.41, 5.74) is 2.51. The van der Waals surface area contributed by atoms with E-state index in [4.69, 9.17) is 4.74 Å². The van der Waals surface area contributed by atoms with E-state index in [2.05, 4.69) is 17.5 Å². The van der Waals surface area contributed by atoms with Crippen molar-refractivity contribution >= 4 is 0 Å². The van der Waals surface area contributed by atoms with Gasteiger partial charge < -0.3 is 10.1 Å². The molecule has 0 aromatic heterocycles. The molecule has 0 radical (unpaired) electrons. The average Bonchev–Trinajstić information content (AvgIpc) is 2.26. The van der Waals surface area contributed by atoms with Gasteiger partial charge in [-0.05, 0) is 31.8 Å². The zero-order chi connectivity index (χ0) is 9.38. The monoisotopic (exact) mass is 189 g/mol. The van der Waals surface area contributed by atoms with Crippen molar-refractivity contribution in [2.24, 2.45) is 0 Å². The summed E-state index contributed by atoms with van der Waals surface area (Å²) < 4.78 is 5.94. The Morgan fingerprint density at radius 3 is 3.00 bits per heavy atom. The predicted molar refractivity (Wildman–Crippen MR) is 55.1 cm³/mol. The molecule has 0 aromatic rings. The maximum Gasteiger partial charge on any atom is 0.127 e. The van der Waals surface area contributed by atoms with E-state index in [1.807, 2.05) is 0 Å². The van der Waals surface area contributed by atoms with Gasteiger partial charge in [0.25, 0.3) is 0 Å². The molecule has 3 rings (SSSR count). The lowest BCUT2D eigenvalue weighted by Crippen LogP contribution is -2.25. The summed E-state index contributed by atoms with van der Waals surface area (Å²) in [6.07, 6.45) is 11.4. The number of ether oxygens (including phenoxy) is 1. The van der Waals surface area contributed by atoms with Gasteiger partial charge in [-0.1, -0.05) is 6.08 Å². The third kappa shape index (κ3) is 1.26. The highest BCUT2D eigenvalue weighted by molar-refractivity contribution is 5.33. The molecule has 0 aromatic carbocycles. The lowest BCUT2D eigenvalue weighted by molar-refractivity contribution is 0.240. The molecular formula is C12H15NO. The molecule has 1 heterocycles. The Hall–Kier alpha value is -1.18. The molecule has 14 heavy (non-hydrogen) atoms. The van der Waals surface area contributed by atoms with Crippen LogP contribution in [0.3, 0.4) is 0 Å². The number of nitrogens with one attached hydrogen (secondary N) is 1. The Kier molecular flexibility index (Phi) is 1.86. The first kappa shape index (κ1) is 8.16.